The molecule has 1 rings (SSSR count). The van der Waals surface area contributed by atoms with Crippen LogP contribution < -0.4 is 0 Å². The lowest BCUT2D eigenvalue weighted by Crippen LogP contribution is -2.43. The summed E-state index contributed by atoms with van der Waals surface area (Å²) in [6.07, 6.45) is 6.46. The summed E-state index contributed by atoms with van der Waals surface area (Å²) in [5.41, 5.74) is -0.709. The molecule has 0 aromatic heterocycles. The molecule has 0 spiro atoms. The summed E-state index contributed by atoms with van der Waals surface area (Å²) in [6.45, 7) is 15.1. The zero-order valence-corrected chi connectivity index (χ0v) is 18.4. The summed E-state index contributed by atoms with van der Waals surface area (Å²) < 4.78 is 6.34. The summed E-state index contributed by atoms with van der Waals surface area (Å²) in [6, 6.07) is 0. The molecule has 2 unspecified atom stereocenters. The summed E-state index contributed by atoms with van der Waals surface area (Å²) in [5, 5.41) is 10.6. The molecule has 0 fully saturated rings. The van der Waals surface area contributed by atoms with Gasteiger partial charge < -0.3 is 9.53 Å². The number of hydrogen-bond acceptors (Lipinski definition) is 4. The first kappa shape index (κ1) is 21.9. The summed E-state index contributed by atoms with van der Waals surface area (Å²) in [4.78, 5) is 13.0. The monoisotopic (exact) mass is 372 g/mol. The van der Waals surface area contributed by atoms with Crippen LogP contribution in [0.2, 0.25) is 18.1 Å². The molecule has 24 heavy (non-hydrogen) atoms. The number of thioether (sulfide) groups is 1. The van der Waals surface area contributed by atoms with Crippen LogP contribution in [0.1, 0.15) is 66.7 Å². The average molecular weight is 373 g/mol. The van der Waals surface area contributed by atoms with Crippen LogP contribution in [0.4, 0.5) is 0 Å². The lowest BCUT2D eigenvalue weighted by molar-refractivity contribution is -0.115. The molecular weight excluding hydrogens is 336 g/mol. The molecule has 2 atom stereocenters. The zero-order chi connectivity index (χ0) is 18.6. The van der Waals surface area contributed by atoms with Crippen molar-refractivity contribution in [2.75, 3.05) is 5.75 Å². The predicted octanol–water partition coefficient (Wildman–Crippen LogP) is 5.30. The Hall–Kier alpha value is -0.103. The normalized spacial score (nSPS) is 21.8. The molecule has 140 valence electrons. The highest BCUT2D eigenvalue weighted by Crippen LogP contribution is 2.40. The minimum absolute atomic E-state index is 0.0917. The van der Waals surface area contributed by atoms with Gasteiger partial charge in [-0.05, 0) is 37.6 Å². The summed E-state index contributed by atoms with van der Waals surface area (Å²) in [7, 11) is -1.87. The highest BCUT2D eigenvalue weighted by atomic mass is 32.2. The van der Waals surface area contributed by atoms with Gasteiger partial charge in [0.1, 0.15) is 0 Å². The molecule has 0 heterocycles. The van der Waals surface area contributed by atoms with Crippen LogP contribution in [0.15, 0.2) is 11.0 Å². The number of hydrogen-bond donors (Lipinski definition) is 1. The van der Waals surface area contributed by atoms with E-state index < -0.39 is 13.9 Å². The summed E-state index contributed by atoms with van der Waals surface area (Å²) in [5.74, 6) is 0.731. The van der Waals surface area contributed by atoms with Crippen molar-refractivity contribution in [3.8, 4) is 0 Å². The third-order valence-electron chi connectivity index (χ3n) is 5.11. The Kier molecular flexibility index (Phi) is 7.79. The molecule has 0 saturated carbocycles. The standard InChI is InChI=1S/C19H36O3SSi/c1-8-9-10-11-19(5,21)14-23-17-13-15(12-16(17)20)22-24(6,7)18(2,3)4/h13,15,21H,8-12,14H2,1-7H3. The van der Waals surface area contributed by atoms with E-state index in [1.807, 2.05) is 13.0 Å². The Morgan fingerprint density at radius 1 is 1.29 bits per heavy atom. The van der Waals surface area contributed by atoms with E-state index in [1.54, 1.807) is 0 Å². The maximum atomic E-state index is 12.3. The van der Waals surface area contributed by atoms with E-state index in [9.17, 15) is 9.90 Å². The van der Waals surface area contributed by atoms with E-state index in [0.717, 1.165) is 30.6 Å². The van der Waals surface area contributed by atoms with Gasteiger partial charge in [-0.3, -0.25) is 4.79 Å². The van der Waals surface area contributed by atoms with Crippen LogP contribution >= 0.6 is 11.8 Å². The van der Waals surface area contributed by atoms with Gasteiger partial charge in [-0.2, -0.15) is 0 Å². The van der Waals surface area contributed by atoms with Crippen LogP contribution in [0.25, 0.3) is 0 Å². The first-order valence-electron chi connectivity index (χ1n) is 9.16. The van der Waals surface area contributed by atoms with Crippen molar-refractivity contribution >= 4 is 25.9 Å². The first-order valence-corrected chi connectivity index (χ1v) is 13.1. The fourth-order valence-electron chi connectivity index (χ4n) is 2.42. The molecule has 0 radical (unpaired) electrons. The molecular formula is C19H36O3SSi. The second kappa shape index (κ2) is 8.52. The molecule has 0 aromatic carbocycles. The lowest BCUT2D eigenvalue weighted by atomic mass is 10.0. The van der Waals surface area contributed by atoms with Gasteiger partial charge >= 0.3 is 0 Å². The number of unbranched alkanes of at least 4 members (excludes halogenated alkanes) is 2. The number of Topliss-reactive ketones (excluding diaryl/α,β-unsaturated/α-hetero) is 1. The maximum Gasteiger partial charge on any atom is 0.192 e. The molecule has 0 amide bonds. The molecule has 0 aliphatic heterocycles. The summed E-state index contributed by atoms with van der Waals surface area (Å²) >= 11 is 1.49. The van der Waals surface area contributed by atoms with Gasteiger partial charge in [0.05, 0.1) is 11.7 Å². The van der Waals surface area contributed by atoms with Crippen LogP contribution in [-0.2, 0) is 9.22 Å². The Balaban J connectivity index is 2.59. The number of rotatable bonds is 9. The van der Waals surface area contributed by atoms with Crippen LogP contribution in [0.5, 0.6) is 0 Å². The number of aliphatic hydroxyl groups is 1. The third kappa shape index (κ3) is 6.66. The Morgan fingerprint density at radius 2 is 1.92 bits per heavy atom. The molecule has 3 nitrogen and oxygen atoms in total. The smallest absolute Gasteiger partial charge is 0.192 e. The van der Waals surface area contributed by atoms with E-state index in [4.69, 9.17) is 4.43 Å². The van der Waals surface area contributed by atoms with Crippen LogP contribution in [-0.4, -0.2) is 36.7 Å². The second-order valence-corrected chi connectivity index (χ2v) is 14.6. The first-order chi connectivity index (χ1) is 10.9. The largest absolute Gasteiger partial charge is 0.410 e. The molecule has 1 aliphatic rings. The SMILES string of the molecule is CCCCCC(C)(O)CSC1=CC(O[Si](C)(C)C(C)(C)C)CC1=O. The van der Waals surface area contributed by atoms with Crippen molar-refractivity contribution in [2.45, 2.75) is 96.6 Å². The molecule has 1 N–H and O–H groups in total. The number of carbonyl (C=O) groups is 1. The van der Waals surface area contributed by atoms with Crippen LogP contribution in [0, 0.1) is 0 Å². The second-order valence-electron chi connectivity index (χ2n) is 8.82. The van der Waals surface area contributed by atoms with Gasteiger partial charge in [-0.25, -0.2) is 0 Å². The maximum absolute atomic E-state index is 12.3. The Morgan fingerprint density at radius 3 is 2.46 bits per heavy atom. The highest BCUT2D eigenvalue weighted by molar-refractivity contribution is 8.04. The number of carbonyl (C=O) groups excluding carboxylic acids is 1. The fraction of sp³-hybridized carbons (Fsp3) is 0.842. The molecule has 1 aliphatic carbocycles. The average Bonchev–Trinajstić information content (AvgIpc) is 2.75. The highest BCUT2D eigenvalue weighted by Gasteiger charge is 2.40. The van der Waals surface area contributed by atoms with Gasteiger partial charge in [-0.15, -0.1) is 11.8 Å². The van der Waals surface area contributed by atoms with Crippen molar-refractivity contribution in [1.82, 2.24) is 0 Å². The van der Waals surface area contributed by atoms with E-state index in [0.29, 0.717) is 12.2 Å². The third-order valence-corrected chi connectivity index (χ3v) is 11.1. The minimum atomic E-state index is -1.87. The molecule has 0 saturated heterocycles. The lowest BCUT2D eigenvalue weighted by Gasteiger charge is -2.37. The van der Waals surface area contributed by atoms with Gasteiger partial charge in [0.15, 0.2) is 14.1 Å². The van der Waals surface area contributed by atoms with Crippen molar-refractivity contribution < 1.29 is 14.3 Å². The fourth-order valence-corrected chi connectivity index (χ4v) is 4.79. The molecule has 0 bridgehead atoms. The zero-order valence-electron chi connectivity index (χ0n) is 16.6. The Labute approximate surface area is 153 Å². The van der Waals surface area contributed by atoms with E-state index in [1.165, 1.54) is 11.8 Å². The van der Waals surface area contributed by atoms with Crippen LogP contribution in [0.3, 0.4) is 0 Å². The molecule has 5 heteroatoms. The predicted molar refractivity (Wildman–Crippen MR) is 107 cm³/mol. The minimum Gasteiger partial charge on any atom is -0.410 e. The van der Waals surface area contributed by atoms with E-state index in [-0.39, 0.29) is 16.9 Å². The number of ketones is 1. The van der Waals surface area contributed by atoms with Gasteiger partial charge in [0.25, 0.3) is 0 Å². The van der Waals surface area contributed by atoms with Crippen molar-refractivity contribution in [3.63, 3.8) is 0 Å². The Bertz CT molecular complexity index is 464. The van der Waals surface area contributed by atoms with Gasteiger partial charge in [0, 0.05) is 17.1 Å². The van der Waals surface area contributed by atoms with Crippen molar-refractivity contribution in [1.29, 1.82) is 0 Å². The van der Waals surface area contributed by atoms with E-state index in [2.05, 4.69) is 40.8 Å². The quantitative estimate of drug-likeness (QED) is 0.441. The topological polar surface area (TPSA) is 46.5 Å². The van der Waals surface area contributed by atoms with Gasteiger partial charge in [-0.1, -0.05) is 47.0 Å². The van der Waals surface area contributed by atoms with Crippen molar-refractivity contribution in [3.05, 3.63) is 11.0 Å². The van der Waals surface area contributed by atoms with Gasteiger partial charge in [0.2, 0.25) is 0 Å². The van der Waals surface area contributed by atoms with E-state index >= 15 is 0 Å². The van der Waals surface area contributed by atoms with Crippen molar-refractivity contribution in [2.24, 2.45) is 0 Å². The number of allylic oxidation sites excluding steroid dienone is 1. The molecule has 0 aromatic rings.